The lowest BCUT2D eigenvalue weighted by molar-refractivity contribution is 0.102. The molecule has 1 N–H and O–H groups in total. The van der Waals surface area contributed by atoms with Gasteiger partial charge in [0.05, 0.1) is 23.6 Å². The van der Waals surface area contributed by atoms with E-state index < -0.39 is 0 Å². The van der Waals surface area contributed by atoms with Crippen molar-refractivity contribution in [2.75, 3.05) is 5.32 Å². The summed E-state index contributed by atoms with van der Waals surface area (Å²) in [5, 5.41) is 2.79. The third-order valence-corrected chi connectivity index (χ3v) is 4.03. The molecule has 0 aliphatic carbocycles. The van der Waals surface area contributed by atoms with Gasteiger partial charge in [-0.15, -0.1) is 0 Å². The maximum absolute atomic E-state index is 12.2. The van der Waals surface area contributed by atoms with E-state index in [1.807, 2.05) is 49.4 Å². The Bertz CT molecular complexity index is 830. The number of nitrogens with one attached hydrogen (secondary N) is 1. The fourth-order valence-corrected chi connectivity index (χ4v) is 2.55. The molecule has 4 nitrogen and oxygen atoms in total. The Morgan fingerprint density at radius 1 is 1.00 bits per heavy atom. The first kappa shape index (κ1) is 15.4. The van der Waals surface area contributed by atoms with E-state index in [-0.39, 0.29) is 5.91 Å². The number of carbonyl (C=O) groups excluding carboxylic acids is 1. The van der Waals surface area contributed by atoms with Crippen LogP contribution in [0.4, 0.5) is 5.69 Å². The maximum Gasteiger partial charge on any atom is 0.256 e. The maximum atomic E-state index is 12.2. The average molecular weight is 368 g/mol. The zero-order valence-corrected chi connectivity index (χ0v) is 14.0. The SMILES string of the molecule is Cc1ccc(-c2ncc(NC(=O)c3ccccc3Br)cn2)cc1. The summed E-state index contributed by atoms with van der Waals surface area (Å²) >= 11 is 3.37. The highest BCUT2D eigenvalue weighted by Gasteiger charge is 2.10. The highest BCUT2D eigenvalue weighted by molar-refractivity contribution is 9.10. The molecule has 0 aliphatic heterocycles. The molecule has 2 aromatic carbocycles. The second kappa shape index (κ2) is 6.71. The van der Waals surface area contributed by atoms with Crippen molar-refractivity contribution < 1.29 is 4.79 Å². The highest BCUT2D eigenvalue weighted by atomic mass is 79.9. The van der Waals surface area contributed by atoms with Gasteiger partial charge in [-0.2, -0.15) is 0 Å². The molecule has 0 fully saturated rings. The van der Waals surface area contributed by atoms with Crippen molar-refractivity contribution in [2.45, 2.75) is 6.92 Å². The zero-order valence-electron chi connectivity index (χ0n) is 12.5. The predicted molar refractivity (Wildman–Crippen MR) is 94.3 cm³/mol. The minimum atomic E-state index is -0.204. The van der Waals surface area contributed by atoms with Crippen molar-refractivity contribution in [2.24, 2.45) is 0 Å². The van der Waals surface area contributed by atoms with Crippen LogP contribution >= 0.6 is 15.9 Å². The molecule has 0 saturated carbocycles. The summed E-state index contributed by atoms with van der Waals surface area (Å²) in [7, 11) is 0. The normalized spacial score (nSPS) is 10.3. The van der Waals surface area contributed by atoms with Crippen molar-refractivity contribution in [1.82, 2.24) is 9.97 Å². The van der Waals surface area contributed by atoms with E-state index in [9.17, 15) is 4.79 Å². The summed E-state index contributed by atoms with van der Waals surface area (Å²) in [6.45, 7) is 2.03. The number of nitrogens with zero attached hydrogens (tertiary/aromatic N) is 2. The molecule has 114 valence electrons. The lowest BCUT2D eigenvalue weighted by Crippen LogP contribution is -2.13. The van der Waals surface area contributed by atoms with Gasteiger partial charge in [0, 0.05) is 10.0 Å². The van der Waals surface area contributed by atoms with Gasteiger partial charge in [-0.1, -0.05) is 42.0 Å². The number of benzene rings is 2. The third-order valence-electron chi connectivity index (χ3n) is 3.34. The molecule has 1 aromatic heterocycles. The molecule has 3 rings (SSSR count). The fraction of sp³-hybridized carbons (Fsp3) is 0.0556. The molecule has 0 spiro atoms. The summed E-state index contributed by atoms with van der Waals surface area (Å²) in [6.07, 6.45) is 3.22. The Morgan fingerprint density at radius 3 is 2.30 bits per heavy atom. The number of rotatable bonds is 3. The van der Waals surface area contributed by atoms with Crippen LogP contribution in [0, 0.1) is 6.92 Å². The van der Waals surface area contributed by atoms with E-state index in [4.69, 9.17) is 0 Å². The number of aryl methyl sites for hydroxylation is 1. The van der Waals surface area contributed by atoms with Gasteiger partial charge in [0.1, 0.15) is 0 Å². The zero-order chi connectivity index (χ0) is 16.2. The second-order valence-electron chi connectivity index (χ2n) is 5.10. The molecule has 0 atom stereocenters. The van der Waals surface area contributed by atoms with Gasteiger partial charge >= 0.3 is 0 Å². The Balaban J connectivity index is 1.76. The van der Waals surface area contributed by atoms with Crippen LogP contribution in [-0.4, -0.2) is 15.9 Å². The molecular weight excluding hydrogens is 354 g/mol. The van der Waals surface area contributed by atoms with E-state index in [0.29, 0.717) is 17.1 Å². The van der Waals surface area contributed by atoms with Crippen molar-refractivity contribution in [3.8, 4) is 11.4 Å². The van der Waals surface area contributed by atoms with E-state index >= 15 is 0 Å². The molecule has 0 aliphatic rings. The molecule has 3 aromatic rings. The molecule has 1 heterocycles. The van der Waals surface area contributed by atoms with Gasteiger partial charge in [-0.3, -0.25) is 4.79 Å². The van der Waals surface area contributed by atoms with Crippen LogP contribution in [0.1, 0.15) is 15.9 Å². The smallest absolute Gasteiger partial charge is 0.256 e. The Kier molecular flexibility index (Phi) is 4.48. The first-order chi connectivity index (χ1) is 11.1. The monoisotopic (exact) mass is 367 g/mol. The number of aromatic nitrogens is 2. The lowest BCUT2D eigenvalue weighted by atomic mass is 10.1. The summed E-state index contributed by atoms with van der Waals surface area (Å²) in [4.78, 5) is 20.9. The van der Waals surface area contributed by atoms with Crippen molar-refractivity contribution in [3.05, 3.63) is 76.5 Å². The standard InChI is InChI=1S/C18H14BrN3O/c1-12-6-8-13(9-7-12)17-20-10-14(11-21-17)22-18(23)15-4-2-3-5-16(15)19/h2-11H,1H3,(H,22,23). The van der Waals surface area contributed by atoms with Crippen LogP contribution in [0.15, 0.2) is 65.4 Å². The first-order valence-electron chi connectivity index (χ1n) is 7.08. The number of halogens is 1. The molecule has 0 saturated heterocycles. The summed E-state index contributed by atoms with van der Waals surface area (Å²) in [5.74, 6) is 0.424. The molecule has 5 heteroatoms. The van der Waals surface area contributed by atoms with Gasteiger partial charge in [-0.25, -0.2) is 9.97 Å². The summed E-state index contributed by atoms with van der Waals surface area (Å²) < 4.78 is 0.745. The van der Waals surface area contributed by atoms with E-state index in [0.717, 1.165) is 10.0 Å². The van der Waals surface area contributed by atoms with Gasteiger partial charge in [-0.05, 0) is 35.0 Å². The van der Waals surface area contributed by atoms with Gasteiger partial charge < -0.3 is 5.32 Å². The Morgan fingerprint density at radius 2 is 1.65 bits per heavy atom. The number of hydrogen-bond acceptors (Lipinski definition) is 3. The van der Waals surface area contributed by atoms with Crippen LogP contribution < -0.4 is 5.32 Å². The number of anilines is 1. The van der Waals surface area contributed by atoms with Crippen LogP contribution in [0.2, 0.25) is 0 Å². The molecule has 0 radical (unpaired) electrons. The third kappa shape index (κ3) is 3.63. The van der Waals surface area contributed by atoms with Crippen molar-refractivity contribution in [3.63, 3.8) is 0 Å². The topological polar surface area (TPSA) is 54.9 Å². The average Bonchev–Trinajstić information content (AvgIpc) is 2.57. The second-order valence-corrected chi connectivity index (χ2v) is 5.95. The number of carbonyl (C=O) groups is 1. The molecule has 0 bridgehead atoms. The van der Waals surface area contributed by atoms with Crippen molar-refractivity contribution >= 4 is 27.5 Å². The minimum absolute atomic E-state index is 0.204. The fourth-order valence-electron chi connectivity index (χ4n) is 2.09. The molecule has 23 heavy (non-hydrogen) atoms. The Labute approximate surface area is 142 Å². The molecule has 0 unspecified atom stereocenters. The van der Waals surface area contributed by atoms with Gasteiger partial charge in [0.25, 0.3) is 5.91 Å². The largest absolute Gasteiger partial charge is 0.319 e. The van der Waals surface area contributed by atoms with Crippen LogP contribution in [0.3, 0.4) is 0 Å². The van der Waals surface area contributed by atoms with E-state index in [2.05, 4.69) is 31.2 Å². The summed E-state index contributed by atoms with van der Waals surface area (Å²) in [6, 6.07) is 15.2. The lowest BCUT2D eigenvalue weighted by Gasteiger charge is -2.07. The minimum Gasteiger partial charge on any atom is -0.319 e. The van der Waals surface area contributed by atoms with Gasteiger partial charge in [0.15, 0.2) is 5.82 Å². The number of hydrogen-bond donors (Lipinski definition) is 1. The van der Waals surface area contributed by atoms with Crippen LogP contribution in [0.5, 0.6) is 0 Å². The molecular formula is C18H14BrN3O. The van der Waals surface area contributed by atoms with E-state index in [1.54, 1.807) is 18.5 Å². The Hall–Kier alpha value is -2.53. The highest BCUT2D eigenvalue weighted by Crippen LogP contribution is 2.19. The van der Waals surface area contributed by atoms with Gasteiger partial charge in [0.2, 0.25) is 0 Å². The quantitative estimate of drug-likeness (QED) is 0.742. The van der Waals surface area contributed by atoms with E-state index in [1.165, 1.54) is 5.56 Å². The van der Waals surface area contributed by atoms with Crippen molar-refractivity contribution in [1.29, 1.82) is 0 Å². The van der Waals surface area contributed by atoms with Crippen LogP contribution in [0.25, 0.3) is 11.4 Å². The molecule has 1 amide bonds. The predicted octanol–water partition coefficient (Wildman–Crippen LogP) is 4.47. The first-order valence-corrected chi connectivity index (χ1v) is 7.88. The number of amides is 1. The summed E-state index contributed by atoms with van der Waals surface area (Å²) in [5.41, 5.74) is 3.25. The van der Waals surface area contributed by atoms with Crippen LogP contribution in [-0.2, 0) is 0 Å².